The number of aromatic nitrogens is 4. The number of hydrogen-bond acceptors (Lipinski definition) is 5. The summed E-state index contributed by atoms with van der Waals surface area (Å²) in [5, 5.41) is 9.96. The number of hydrogen-bond donors (Lipinski definition) is 2. The third-order valence-corrected chi connectivity index (χ3v) is 3.44. The standard InChI is InChI=1S/C12H18N6O/c1-7-5-17(6-8(2)13-7)10-4-11-15-16-12(19)18(11)9(3)14-10/h4,7-8,13H,5-6H2,1-3H3,(H,16,19). The van der Waals surface area contributed by atoms with Gasteiger partial charge in [0, 0.05) is 31.2 Å². The smallest absolute Gasteiger partial charge is 0.349 e. The van der Waals surface area contributed by atoms with Crippen LogP contribution in [-0.2, 0) is 0 Å². The Kier molecular flexibility index (Phi) is 2.78. The molecule has 2 aromatic heterocycles. The first kappa shape index (κ1) is 12.2. The zero-order chi connectivity index (χ0) is 13.6. The van der Waals surface area contributed by atoms with Gasteiger partial charge in [0.2, 0.25) is 0 Å². The van der Waals surface area contributed by atoms with E-state index in [0.29, 0.717) is 23.6 Å². The van der Waals surface area contributed by atoms with Crippen LogP contribution in [0.3, 0.4) is 0 Å². The summed E-state index contributed by atoms with van der Waals surface area (Å²) >= 11 is 0. The van der Waals surface area contributed by atoms with Gasteiger partial charge in [-0.15, -0.1) is 0 Å². The molecule has 0 radical (unpaired) electrons. The maximum atomic E-state index is 11.6. The number of fused-ring (bicyclic) bond motifs is 1. The first-order chi connectivity index (χ1) is 9.04. The predicted molar refractivity (Wildman–Crippen MR) is 72.6 cm³/mol. The maximum absolute atomic E-state index is 11.6. The van der Waals surface area contributed by atoms with Crippen LogP contribution in [0.2, 0.25) is 0 Å². The van der Waals surface area contributed by atoms with Gasteiger partial charge >= 0.3 is 5.69 Å². The van der Waals surface area contributed by atoms with Crippen molar-refractivity contribution in [3.63, 3.8) is 0 Å². The third kappa shape index (κ3) is 2.10. The zero-order valence-corrected chi connectivity index (χ0v) is 11.3. The Labute approximate surface area is 110 Å². The maximum Gasteiger partial charge on any atom is 0.349 e. The van der Waals surface area contributed by atoms with Gasteiger partial charge in [0.1, 0.15) is 11.6 Å². The average Bonchev–Trinajstić information content (AvgIpc) is 2.70. The van der Waals surface area contributed by atoms with Crippen LogP contribution in [0, 0.1) is 6.92 Å². The second-order valence-electron chi connectivity index (χ2n) is 5.26. The highest BCUT2D eigenvalue weighted by atomic mass is 16.1. The molecule has 1 saturated heterocycles. The minimum Gasteiger partial charge on any atom is -0.353 e. The molecular formula is C12H18N6O. The number of anilines is 1. The number of aryl methyl sites for hydroxylation is 1. The summed E-state index contributed by atoms with van der Waals surface area (Å²) < 4.78 is 1.48. The Bertz CT molecular complexity index is 650. The van der Waals surface area contributed by atoms with Crippen LogP contribution < -0.4 is 15.9 Å². The molecule has 0 aliphatic carbocycles. The van der Waals surface area contributed by atoms with Crippen LogP contribution in [0.15, 0.2) is 10.9 Å². The fraction of sp³-hybridized carbons (Fsp3) is 0.583. The topological polar surface area (TPSA) is 78.3 Å². The Morgan fingerprint density at radius 3 is 2.68 bits per heavy atom. The van der Waals surface area contributed by atoms with Crippen LogP contribution in [0.4, 0.5) is 5.82 Å². The molecule has 0 aromatic carbocycles. The summed E-state index contributed by atoms with van der Waals surface area (Å²) in [6.45, 7) is 7.95. The van der Waals surface area contributed by atoms with Crippen molar-refractivity contribution < 1.29 is 0 Å². The molecule has 19 heavy (non-hydrogen) atoms. The summed E-state index contributed by atoms with van der Waals surface area (Å²) in [6.07, 6.45) is 0. The summed E-state index contributed by atoms with van der Waals surface area (Å²) in [7, 11) is 0. The second-order valence-corrected chi connectivity index (χ2v) is 5.26. The number of nitrogens with one attached hydrogen (secondary N) is 2. The Morgan fingerprint density at radius 2 is 2.00 bits per heavy atom. The highest BCUT2D eigenvalue weighted by Gasteiger charge is 2.22. The van der Waals surface area contributed by atoms with Crippen LogP contribution in [-0.4, -0.2) is 44.8 Å². The van der Waals surface area contributed by atoms with E-state index in [0.717, 1.165) is 18.9 Å². The first-order valence-corrected chi connectivity index (χ1v) is 6.50. The zero-order valence-electron chi connectivity index (χ0n) is 11.3. The molecule has 0 spiro atoms. The SMILES string of the molecule is Cc1nc(N2CC(C)NC(C)C2)cc2n[nH]c(=O)n12. The van der Waals surface area contributed by atoms with Crippen molar-refractivity contribution >= 4 is 11.5 Å². The molecule has 1 fully saturated rings. The number of H-pyrrole nitrogens is 1. The lowest BCUT2D eigenvalue weighted by atomic mass is 10.1. The van der Waals surface area contributed by atoms with Gasteiger partial charge in [0.15, 0.2) is 5.65 Å². The summed E-state index contributed by atoms with van der Waals surface area (Å²) in [5.41, 5.74) is 0.375. The highest BCUT2D eigenvalue weighted by molar-refractivity contribution is 5.51. The van der Waals surface area contributed by atoms with Crippen LogP contribution in [0.1, 0.15) is 19.7 Å². The second kappa shape index (κ2) is 4.34. The molecular weight excluding hydrogens is 244 g/mol. The van der Waals surface area contributed by atoms with Crippen molar-refractivity contribution in [2.75, 3.05) is 18.0 Å². The molecule has 3 heterocycles. The van der Waals surface area contributed by atoms with Gasteiger partial charge in [-0.3, -0.25) is 0 Å². The molecule has 2 atom stereocenters. The molecule has 0 saturated carbocycles. The fourth-order valence-electron chi connectivity index (χ4n) is 2.76. The van der Waals surface area contributed by atoms with E-state index in [-0.39, 0.29) is 5.69 Å². The van der Waals surface area contributed by atoms with Gasteiger partial charge in [0.05, 0.1) is 0 Å². The minimum absolute atomic E-state index is 0.242. The van der Waals surface area contributed by atoms with E-state index in [2.05, 4.69) is 39.2 Å². The van der Waals surface area contributed by atoms with Crippen molar-refractivity contribution in [2.24, 2.45) is 0 Å². The minimum atomic E-state index is -0.242. The Morgan fingerprint density at radius 1 is 1.32 bits per heavy atom. The summed E-state index contributed by atoms with van der Waals surface area (Å²) in [5.74, 6) is 1.54. The predicted octanol–water partition coefficient (Wildman–Crippen LogP) is -0.0874. The largest absolute Gasteiger partial charge is 0.353 e. The number of aromatic amines is 1. The highest BCUT2D eigenvalue weighted by Crippen LogP contribution is 2.17. The van der Waals surface area contributed by atoms with E-state index in [1.165, 1.54) is 4.40 Å². The molecule has 102 valence electrons. The number of piperazine rings is 1. The van der Waals surface area contributed by atoms with E-state index in [4.69, 9.17) is 0 Å². The van der Waals surface area contributed by atoms with E-state index in [1.807, 2.05) is 13.0 Å². The monoisotopic (exact) mass is 262 g/mol. The van der Waals surface area contributed by atoms with Crippen molar-refractivity contribution in [1.29, 1.82) is 0 Å². The van der Waals surface area contributed by atoms with Crippen molar-refractivity contribution in [2.45, 2.75) is 32.9 Å². The molecule has 0 bridgehead atoms. The lowest BCUT2D eigenvalue weighted by molar-refractivity contribution is 0.405. The van der Waals surface area contributed by atoms with Crippen molar-refractivity contribution in [3.05, 3.63) is 22.4 Å². The van der Waals surface area contributed by atoms with Crippen LogP contribution in [0.25, 0.3) is 5.65 Å². The molecule has 3 rings (SSSR count). The van der Waals surface area contributed by atoms with Crippen molar-refractivity contribution in [3.8, 4) is 0 Å². The fourth-order valence-corrected chi connectivity index (χ4v) is 2.76. The van der Waals surface area contributed by atoms with Gasteiger partial charge in [-0.2, -0.15) is 5.10 Å². The van der Waals surface area contributed by atoms with Gasteiger partial charge in [-0.05, 0) is 20.8 Å². The van der Waals surface area contributed by atoms with E-state index in [9.17, 15) is 4.79 Å². The summed E-state index contributed by atoms with van der Waals surface area (Å²) in [6, 6.07) is 2.70. The quantitative estimate of drug-likeness (QED) is 0.751. The number of nitrogens with zero attached hydrogens (tertiary/aromatic N) is 4. The van der Waals surface area contributed by atoms with Gasteiger partial charge in [-0.1, -0.05) is 0 Å². The third-order valence-electron chi connectivity index (χ3n) is 3.44. The van der Waals surface area contributed by atoms with Crippen molar-refractivity contribution in [1.82, 2.24) is 24.9 Å². The Balaban J connectivity index is 2.03. The molecule has 1 aliphatic rings. The lowest BCUT2D eigenvalue weighted by Crippen LogP contribution is -2.54. The molecule has 0 amide bonds. The lowest BCUT2D eigenvalue weighted by Gasteiger charge is -2.36. The molecule has 7 heteroatoms. The van der Waals surface area contributed by atoms with Gasteiger partial charge < -0.3 is 10.2 Å². The average molecular weight is 262 g/mol. The van der Waals surface area contributed by atoms with Crippen LogP contribution >= 0.6 is 0 Å². The van der Waals surface area contributed by atoms with Crippen LogP contribution in [0.5, 0.6) is 0 Å². The van der Waals surface area contributed by atoms with E-state index >= 15 is 0 Å². The van der Waals surface area contributed by atoms with Gasteiger partial charge in [0.25, 0.3) is 0 Å². The van der Waals surface area contributed by atoms with E-state index < -0.39 is 0 Å². The molecule has 7 nitrogen and oxygen atoms in total. The summed E-state index contributed by atoms with van der Waals surface area (Å²) in [4.78, 5) is 18.3. The number of rotatable bonds is 1. The van der Waals surface area contributed by atoms with E-state index in [1.54, 1.807) is 0 Å². The molecule has 1 aliphatic heterocycles. The first-order valence-electron chi connectivity index (χ1n) is 6.50. The molecule has 2 N–H and O–H groups in total. The molecule has 2 unspecified atom stereocenters. The Hall–Kier alpha value is -1.89. The molecule has 2 aromatic rings. The normalized spacial score (nSPS) is 24.1. The van der Waals surface area contributed by atoms with Gasteiger partial charge in [-0.25, -0.2) is 19.3 Å².